The standard InChI is InChI=1S/C20H31FN4O.HI/c1-15(2)13-25-9-7-18(8-10-25)24-20(22-3)23-12-16-5-6-19(21)17(11-16)14-26-4;/h5-6,11,18H,1,7-10,12-14H2,2-4H3,(H2,22,23,24);1H. The van der Waals surface area contributed by atoms with Crippen LogP contribution in [-0.2, 0) is 17.9 Å². The molecule has 1 aliphatic rings. The Bertz CT molecular complexity index is 630. The lowest BCUT2D eigenvalue weighted by Crippen LogP contribution is -2.48. The summed E-state index contributed by atoms with van der Waals surface area (Å²) in [5.41, 5.74) is 2.78. The minimum Gasteiger partial charge on any atom is -0.380 e. The Morgan fingerprint density at radius 1 is 1.37 bits per heavy atom. The average Bonchev–Trinajstić information content (AvgIpc) is 2.62. The molecule has 1 fully saturated rings. The number of aliphatic imine (C=N–C) groups is 1. The smallest absolute Gasteiger partial charge is 0.191 e. The summed E-state index contributed by atoms with van der Waals surface area (Å²) < 4.78 is 18.7. The third-order valence-electron chi connectivity index (χ3n) is 4.52. The molecule has 1 saturated heterocycles. The van der Waals surface area contributed by atoms with E-state index in [0.717, 1.165) is 44.0 Å². The van der Waals surface area contributed by atoms with E-state index in [2.05, 4.69) is 34.0 Å². The first-order chi connectivity index (χ1) is 12.5. The molecule has 1 aromatic rings. The fourth-order valence-electron chi connectivity index (χ4n) is 3.20. The third-order valence-corrected chi connectivity index (χ3v) is 4.52. The van der Waals surface area contributed by atoms with Crippen molar-refractivity contribution in [1.82, 2.24) is 15.5 Å². The van der Waals surface area contributed by atoms with E-state index in [1.54, 1.807) is 20.2 Å². The first kappa shape index (κ1) is 23.8. The topological polar surface area (TPSA) is 48.9 Å². The molecule has 0 amide bonds. The number of halogens is 2. The van der Waals surface area contributed by atoms with Crippen LogP contribution in [0.2, 0.25) is 0 Å². The summed E-state index contributed by atoms with van der Waals surface area (Å²) in [5, 5.41) is 6.81. The fourth-order valence-corrected chi connectivity index (χ4v) is 3.20. The summed E-state index contributed by atoms with van der Waals surface area (Å²) in [4.78, 5) is 6.75. The molecule has 0 saturated carbocycles. The van der Waals surface area contributed by atoms with E-state index in [9.17, 15) is 4.39 Å². The van der Waals surface area contributed by atoms with Crippen LogP contribution in [0.3, 0.4) is 0 Å². The summed E-state index contributed by atoms with van der Waals surface area (Å²) in [6, 6.07) is 5.51. The SMILES string of the molecule is C=C(C)CN1CCC(NC(=NC)NCc2ccc(F)c(COC)c2)CC1.I. The number of methoxy groups -OCH3 is 1. The van der Waals surface area contributed by atoms with E-state index in [1.165, 1.54) is 11.6 Å². The van der Waals surface area contributed by atoms with Gasteiger partial charge in [0.15, 0.2) is 5.96 Å². The highest BCUT2D eigenvalue weighted by Crippen LogP contribution is 2.13. The predicted molar refractivity (Wildman–Crippen MR) is 120 cm³/mol. The molecule has 0 bridgehead atoms. The predicted octanol–water partition coefficient (Wildman–Crippen LogP) is 3.30. The number of nitrogens with one attached hydrogen (secondary N) is 2. The van der Waals surface area contributed by atoms with Crippen molar-refractivity contribution in [2.75, 3.05) is 33.8 Å². The molecular weight excluding hydrogens is 458 g/mol. The van der Waals surface area contributed by atoms with Crippen LogP contribution >= 0.6 is 24.0 Å². The van der Waals surface area contributed by atoms with Gasteiger partial charge in [-0.05, 0) is 37.5 Å². The zero-order valence-electron chi connectivity index (χ0n) is 16.6. The van der Waals surface area contributed by atoms with Gasteiger partial charge in [0, 0.05) is 51.9 Å². The van der Waals surface area contributed by atoms with Gasteiger partial charge in [-0.1, -0.05) is 18.2 Å². The molecule has 1 aliphatic heterocycles. The van der Waals surface area contributed by atoms with Gasteiger partial charge >= 0.3 is 0 Å². The molecular formula is C20H32FIN4O. The van der Waals surface area contributed by atoms with Gasteiger partial charge in [0.2, 0.25) is 0 Å². The van der Waals surface area contributed by atoms with Crippen molar-refractivity contribution in [3.8, 4) is 0 Å². The molecule has 0 unspecified atom stereocenters. The summed E-state index contributed by atoms with van der Waals surface area (Å²) in [5.74, 6) is 0.542. The van der Waals surface area contributed by atoms with Gasteiger partial charge in [0.25, 0.3) is 0 Å². The Labute approximate surface area is 179 Å². The van der Waals surface area contributed by atoms with Gasteiger partial charge in [-0.15, -0.1) is 24.0 Å². The van der Waals surface area contributed by atoms with Crippen LogP contribution in [0.5, 0.6) is 0 Å². The highest BCUT2D eigenvalue weighted by Gasteiger charge is 2.19. The van der Waals surface area contributed by atoms with Crippen molar-refractivity contribution in [2.24, 2.45) is 4.99 Å². The average molecular weight is 490 g/mol. The van der Waals surface area contributed by atoms with Gasteiger partial charge in [-0.2, -0.15) is 0 Å². The highest BCUT2D eigenvalue weighted by atomic mass is 127. The molecule has 0 spiro atoms. The lowest BCUT2D eigenvalue weighted by Gasteiger charge is -2.33. The van der Waals surface area contributed by atoms with Gasteiger partial charge < -0.3 is 15.4 Å². The maximum atomic E-state index is 13.7. The number of rotatable bonds is 7. The quantitative estimate of drug-likeness (QED) is 0.267. The number of nitrogens with zero attached hydrogens (tertiary/aromatic N) is 2. The van der Waals surface area contributed by atoms with Crippen molar-refractivity contribution in [3.05, 3.63) is 47.3 Å². The summed E-state index contributed by atoms with van der Waals surface area (Å²) >= 11 is 0. The number of guanidine groups is 1. The van der Waals surface area contributed by atoms with E-state index in [4.69, 9.17) is 4.74 Å². The van der Waals surface area contributed by atoms with Crippen LogP contribution in [0.1, 0.15) is 30.9 Å². The van der Waals surface area contributed by atoms with Crippen LogP contribution < -0.4 is 10.6 Å². The fraction of sp³-hybridized carbons (Fsp3) is 0.550. The zero-order chi connectivity index (χ0) is 18.9. The largest absolute Gasteiger partial charge is 0.380 e. The molecule has 0 atom stereocenters. The Morgan fingerprint density at radius 2 is 2.07 bits per heavy atom. The Kier molecular flexibility index (Phi) is 10.9. The molecule has 0 radical (unpaired) electrons. The van der Waals surface area contributed by atoms with Crippen LogP contribution in [-0.4, -0.2) is 50.7 Å². The van der Waals surface area contributed by atoms with Gasteiger partial charge in [-0.3, -0.25) is 9.89 Å². The maximum Gasteiger partial charge on any atom is 0.191 e. The zero-order valence-corrected chi connectivity index (χ0v) is 18.9. The Morgan fingerprint density at radius 3 is 2.67 bits per heavy atom. The van der Waals surface area contributed by atoms with Gasteiger partial charge in [-0.25, -0.2) is 4.39 Å². The first-order valence-corrected chi connectivity index (χ1v) is 9.12. The number of likely N-dealkylation sites (tertiary alicyclic amines) is 1. The normalized spacial score (nSPS) is 15.9. The lowest BCUT2D eigenvalue weighted by atomic mass is 10.0. The molecule has 27 heavy (non-hydrogen) atoms. The van der Waals surface area contributed by atoms with Crippen LogP contribution in [0.4, 0.5) is 4.39 Å². The first-order valence-electron chi connectivity index (χ1n) is 9.12. The maximum absolute atomic E-state index is 13.7. The van der Waals surface area contributed by atoms with Crippen LogP contribution in [0.25, 0.3) is 0 Å². The van der Waals surface area contributed by atoms with Gasteiger partial charge in [0.05, 0.1) is 6.61 Å². The van der Waals surface area contributed by atoms with Crippen molar-refractivity contribution in [3.63, 3.8) is 0 Å². The molecule has 2 N–H and O–H groups in total. The number of hydrogen-bond donors (Lipinski definition) is 2. The van der Waals surface area contributed by atoms with E-state index in [0.29, 0.717) is 18.2 Å². The molecule has 0 aliphatic carbocycles. The molecule has 152 valence electrons. The van der Waals surface area contributed by atoms with Crippen molar-refractivity contribution in [2.45, 2.75) is 39.0 Å². The summed E-state index contributed by atoms with van der Waals surface area (Å²) in [6.45, 7) is 10.0. The second-order valence-corrected chi connectivity index (χ2v) is 6.94. The summed E-state index contributed by atoms with van der Waals surface area (Å²) in [6.07, 6.45) is 2.17. The minimum atomic E-state index is -0.236. The minimum absolute atomic E-state index is 0. The third kappa shape index (κ3) is 8.15. The monoisotopic (exact) mass is 490 g/mol. The number of benzene rings is 1. The van der Waals surface area contributed by atoms with E-state index >= 15 is 0 Å². The van der Waals surface area contributed by atoms with E-state index in [-0.39, 0.29) is 36.4 Å². The Hall–Kier alpha value is -1.19. The van der Waals surface area contributed by atoms with Gasteiger partial charge in [0.1, 0.15) is 5.82 Å². The molecule has 2 rings (SSSR count). The Balaban J connectivity index is 0.00000364. The second-order valence-electron chi connectivity index (χ2n) is 6.94. The second kappa shape index (κ2) is 12.3. The van der Waals surface area contributed by atoms with E-state index < -0.39 is 0 Å². The number of piperidine rings is 1. The number of ether oxygens (including phenoxy) is 1. The van der Waals surface area contributed by atoms with Crippen molar-refractivity contribution < 1.29 is 9.13 Å². The molecule has 7 heteroatoms. The lowest BCUT2D eigenvalue weighted by molar-refractivity contribution is 0.181. The van der Waals surface area contributed by atoms with Crippen LogP contribution in [0.15, 0.2) is 35.3 Å². The highest BCUT2D eigenvalue weighted by molar-refractivity contribution is 14.0. The molecule has 5 nitrogen and oxygen atoms in total. The van der Waals surface area contributed by atoms with E-state index in [1.807, 2.05) is 6.07 Å². The molecule has 1 heterocycles. The van der Waals surface area contributed by atoms with Crippen molar-refractivity contribution in [1.29, 1.82) is 0 Å². The number of hydrogen-bond acceptors (Lipinski definition) is 3. The molecule has 1 aromatic carbocycles. The van der Waals surface area contributed by atoms with Crippen molar-refractivity contribution >= 4 is 29.9 Å². The summed E-state index contributed by atoms with van der Waals surface area (Å²) in [7, 11) is 3.34. The van der Waals surface area contributed by atoms with Crippen LogP contribution in [0, 0.1) is 5.82 Å². The molecule has 0 aromatic heterocycles.